The number of amides is 2. The monoisotopic (exact) mass is 363 g/mol. The molecule has 0 aliphatic carbocycles. The zero-order chi connectivity index (χ0) is 19.2. The molecule has 0 unspecified atom stereocenters. The van der Waals surface area contributed by atoms with Crippen LogP contribution in [0.4, 0.5) is 11.4 Å². The number of carbonyl (C=O) groups is 3. The van der Waals surface area contributed by atoms with Crippen molar-refractivity contribution in [3.05, 3.63) is 59.7 Å². The minimum atomic E-state index is -0.660. The van der Waals surface area contributed by atoms with Crippen LogP contribution in [0.25, 0.3) is 0 Å². The highest BCUT2D eigenvalue weighted by Crippen LogP contribution is 2.22. The van der Waals surface area contributed by atoms with Gasteiger partial charge in [0, 0.05) is 18.7 Å². The SMILES string of the molecule is N#Cc1ccccc1NC(=O)COC(=O)c1cccc(N2CCCC2=O)c1. The van der Waals surface area contributed by atoms with Crippen molar-refractivity contribution in [1.82, 2.24) is 0 Å². The van der Waals surface area contributed by atoms with E-state index < -0.39 is 18.5 Å². The van der Waals surface area contributed by atoms with Crippen LogP contribution in [-0.4, -0.2) is 30.9 Å². The van der Waals surface area contributed by atoms with Gasteiger partial charge in [0.1, 0.15) is 6.07 Å². The van der Waals surface area contributed by atoms with E-state index in [4.69, 9.17) is 10.00 Å². The molecule has 3 rings (SSSR count). The number of anilines is 2. The van der Waals surface area contributed by atoms with E-state index in [2.05, 4.69) is 5.32 Å². The second-order valence-electron chi connectivity index (χ2n) is 5.98. The van der Waals surface area contributed by atoms with Crippen LogP contribution in [0.3, 0.4) is 0 Å². The maximum absolute atomic E-state index is 12.2. The number of carbonyl (C=O) groups excluding carboxylic acids is 3. The van der Waals surface area contributed by atoms with E-state index in [9.17, 15) is 14.4 Å². The molecule has 1 saturated heterocycles. The zero-order valence-electron chi connectivity index (χ0n) is 14.5. The summed E-state index contributed by atoms with van der Waals surface area (Å²) in [6.07, 6.45) is 1.29. The van der Waals surface area contributed by atoms with E-state index in [1.807, 2.05) is 6.07 Å². The summed E-state index contributed by atoms with van der Waals surface area (Å²) in [4.78, 5) is 37.7. The van der Waals surface area contributed by atoms with Crippen LogP contribution in [0.1, 0.15) is 28.8 Å². The molecule has 0 atom stereocenters. The van der Waals surface area contributed by atoms with Crippen molar-refractivity contribution in [3.8, 4) is 6.07 Å². The van der Waals surface area contributed by atoms with Gasteiger partial charge in [0.25, 0.3) is 5.91 Å². The summed E-state index contributed by atoms with van der Waals surface area (Å²) in [7, 11) is 0. The Morgan fingerprint density at radius 1 is 1.19 bits per heavy atom. The van der Waals surface area contributed by atoms with Gasteiger partial charge >= 0.3 is 5.97 Å². The van der Waals surface area contributed by atoms with Gasteiger partial charge in [-0.25, -0.2) is 4.79 Å². The number of benzene rings is 2. The molecule has 2 aromatic carbocycles. The molecular weight excluding hydrogens is 346 g/mol. The molecule has 1 N–H and O–H groups in total. The molecule has 136 valence electrons. The average molecular weight is 363 g/mol. The largest absolute Gasteiger partial charge is 0.452 e. The van der Waals surface area contributed by atoms with Crippen molar-refractivity contribution < 1.29 is 19.1 Å². The summed E-state index contributed by atoms with van der Waals surface area (Å²) in [5.41, 5.74) is 1.58. The fraction of sp³-hybridized carbons (Fsp3) is 0.200. The lowest BCUT2D eigenvalue weighted by Gasteiger charge is -2.16. The van der Waals surface area contributed by atoms with Crippen LogP contribution in [0.5, 0.6) is 0 Å². The number of hydrogen-bond acceptors (Lipinski definition) is 5. The summed E-state index contributed by atoms with van der Waals surface area (Å²) in [5.74, 6) is -1.18. The molecule has 27 heavy (non-hydrogen) atoms. The Labute approximate surface area is 156 Å². The predicted octanol–water partition coefficient (Wildman–Crippen LogP) is 2.48. The first kappa shape index (κ1) is 18.1. The van der Waals surface area contributed by atoms with Crippen molar-refractivity contribution in [3.63, 3.8) is 0 Å². The number of hydrogen-bond donors (Lipinski definition) is 1. The number of nitrogens with zero attached hydrogens (tertiary/aromatic N) is 2. The van der Waals surface area contributed by atoms with Gasteiger partial charge in [-0.1, -0.05) is 18.2 Å². The van der Waals surface area contributed by atoms with Gasteiger partial charge in [0.05, 0.1) is 16.8 Å². The Bertz CT molecular complexity index is 933. The molecule has 0 saturated carbocycles. The average Bonchev–Trinajstić information content (AvgIpc) is 3.12. The van der Waals surface area contributed by atoms with Crippen LogP contribution < -0.4 is 10.2 Å². The minimum Gasteiger partial charge on any atom is -0.452 e. The van der Waals surface area contributed by atoms with Gasteiger partial charge in [-0.2, -0.15) is 5.26 Å². The van der Waals surface area contributed by atoms with E-state index >= 15 is 0 Å². The first-order chi connectivity index (χ1) is 13.1. The first-order valence-electron chi connectivity index (χ1n) is 8.45. The van der Waals surface area contributed by atoms with Crippen LogP contribution in [0.15, 0.2) is 48.5 Å². The third-order valence-electron chi connectivity index (χ3n) is 4.12. The summed E-state index contributed by atoms with van der Waals surface area (Å²) in [5, 5.41) is 11.6. The Morgan fingerprint density at radius 3 is 2.74 bits per heavy atom. The molecule has 1 fully saturated rings. The van der Waals surface area contributed by atoms with E-state index in [-0.39, 0.29) is 11.5 Å². The summed E-state index contributed by atoms with van der Waals surface area (Å²) >= 11 is 0. The van der Waals surface area contributed by atoms with Crippen LogP contribution in [0.2, 0.25) is 0 Å². The molecule has 1 aliphatic rings. The molecule has 0 bridgehead atoms. The Kier molecular flexibility index (Phi) is 5.47. The van der Waals surface area contributed by atoms with Gasteiger partial charge in [-0.15, -0.1) is 0 Å². The molecule has 1 heterocycles. The molecule has 2 aromatic rings. The normalized spacial score (nSPS) is 13.1. The number of para-hydroxylation sites is 1. The fourth-order valence-electron chi connectivity index (χ4n) is 2.81. The number of nitrogens with one attached hydrogen (secondary N) is 1. The summed E-state index contributed by atoms with van der Waals surface area (Å²) < 4.78 is 5.04. The number of rotatable bonds is 5. The van der Waals surface area contributed by atoms with Crippen molar-refractivity contribution in [2.75, 3.05) is 23.4 Å². The molecular formula is C20H17N3O4. The standard InChI is InChI=1S/C20H17N3O4/c21-12-15-5-1-2-8-17(15)22-18(24)13-27-20(26)14-6-3-7-16(11-14)23-10-4-9-19(23)25/h1-3,5-8,11H,4,9-10,13H2,(H,22,24). The number of esters is 1. The molecule has 7 nitrogen and oxygen atoms in total. The smallest absolute Gasteiger partial charge is 0.338 e. The maximum atomic E-state index is 12.2. The summed E-state index contributed by atoms with van der Waals surface area (Å²) in [6, 6.07) is 15.1. The quantitative estimate of drug-likeness (QED) is 0.823. The Hall–Kier alpha value is -3.66. The molecule has 0 aromatic heterocycles. The molecule has 2 amide bonds. The summed E-state index contributed by atoms with van der Waals surface area (Å²) in [6.45, 7) is 0.142. The van der Waals surface area contributed by atoms with Crippen molar-refractivity contribution in [2.24, 2.45) is 0 Å². The van der Waals surface area contributed by atoms with E-state index in [0.29, 0.717) is 29.9 Å². The van der Waals surface area contributed by atoms with Gasteiger partial charge < -0.3 is 15.0 Å². The second-order valence-corrected chi connectivity index (χ2v) is 5.98. The van der Waals surface area contributed by atoms with E-state index in [0.717, 1.165) is 6.42 Å². The Morgan fingerprint density at radius 2 is 2.00 bits per heavy atom. The van der Waals surface area contributed by atoms with Gasteiger partial charge in [0.2, 0.25) is 5.91 Å². The molecule has 0 radical (unpaired) electrons. The third-order valence-corrected chi connectivity index (χ3v) is 4.12. The maximum Gasteiger partial charge on any atom is 0.338 e. The fourth-order valence-corrected chi connectivity index (χ4v) is 2.81. The highest BCUT2D eigenvalue weighted by molar-refractivity contribution is 5.99. The zero-order valence-corrected chi connectivity index (χ0v) is 14.5. The topological polar surface area (TPSA) is 99.5 Å². The van der Waals surface area contributed by atoms with Crippen molar-refractivity contribution in [2.45, 2.75) is 12.8 Å². The Balaban J connectivity index is 1.60. The highest BCUT2D eigenvalue weighted by Gasteiger charge is 2.22. The predicted molar refractivity (Wildman–Crippen MR) is 98.1 cm³/mol. The van der Waals surface area contributed by atoms with Crippen LogP contribution >= 0.6 is 0 Å². The lowest BCUT2D eigenvalue weighted by Crippen LogP contribution is -2.24. The van der Waals surface area contributed by atoms with Gasteiger partial charge in [-0.05, 0) is 36.8 Å². The lowest BCUT2D eigenvalue weighted by atomic mass is 10.2. The molecule has 0 spiro atoms. The molecule has 1 aliphatic heterocycles. The first-order valence-corrected chi connectivity index (χ1v) is 8.45. The van der Waals surface area contributed by atoms with Crippen LogP contribution in [-0.2, 0) is 14.3 Å². The number of ether oxygens (including phenoxy) is 1. The van der Waals surface area contributed by atoms with Gasteiger partial charge in [-0.3, -0.25) is 9.59 Å². The van der Waals surface area contributed by atoms with Crippen molar-refractivity contribution >= 4 is 29.2 Å². The number of nitriles is 1. The highest BCUT2D eigenvalue weighted by atomic mass is 16.5. The van der Waals surface area contributed by atoms with E-state index in [1.165, 1.54) is 0 Å². The van der Waals surface area contributed by atoms with Crippen LogP contribution in [0, 0.1) is 11.3 Å². The second kappa shape index (κ2) is 8.15. The van der Waals surface area contributed by atoms with Gasteiger partial charge in [0.15, 0.2) is 6.61 Å². The van der Waals surface area contributed by atoms with Crippen molar-refractivity contribution in [1.29, 1.82) is 5.26 Å². The minimum absolute atomic E-state index is 0.0241. The lowest BCUT2D eigenvalue weighted by molar-refractivity contribution is -0.119. The molecule has 7 heteroatoms. The van der Waals surface area contributed by atoms with E-state index in [1.54, 1.807) is 53.4 Å². The third kappa shape index (κ3) is 4.30.